The van der Waals surface area contributed by atoms with Crippen molar-refractivity contribution in [2.24, 2.45) is 0 Å². The Morgan fingerprint density at radius 1 is 0.583 bits per heavy atom. The highest BCUT2D eigenvalue weighted by Crippen LogP contribution is 2.29. The number of hydrogen-bond acceptors (Lipinski definition) is 6. The summed E-state index contributed by atoms with van der Waals surface area (Å²) in [5, 5.41) is 0. The van der Waals surface area contributed by atoms with Gasteiger partial charge >= 0.3 is 11.9 Å². The zero-order valence-corrected chi connectivity index (χ0v) is 19.5. The molecule has 0 saturated heterocycles. The normalized spacial score (nSPS) is 12.0. The summed E-state index contributed by atoms with van der Waals surface area (Å²) < 4.78 is 11.0. The molecule has 0 aromatic heterocycles. The number of rotatable bonds is 6. The molecule has 5 rings (SSSR count). The Hall–Kier alpha value is -4.58. The van der Waals surface area contributed by atoms with Gasteiger partial charge in [0, 0.05) is 0 Å². The Morgan fingerprint density at radius 2 is 1.00 bits per heavy atom. The maximum absolute atomic E-state index is 12.8. The topological polar surface area (TPSA) is 71.1 Å². The minimum absolute atomic E-state index is 0.140. The molecule has 36 heavy (non-hydrogen) atoms. The van der Waals surface area contributed by atoms with Gasteiger partial charge in [0.05, 0.1) is 0 Å². The first-order chi connectivity index (χ1) is 17.7. The van der Waals surface area contributed by atoms with Crippen LogP contribution in [-0.2, 0) is 35.5 Å². The van der Waals surface area contributed by atoms with Gasteiger partial charge in [-0.15, -0.1) is 0 Å². The highest BCUT2D eigenvalue weighted by atomic mass is 17.2. The molecule has 0 spiro atoms. The van der Waals surface area contributed by atoms with Crippen molar-refractivity contribution in [2.45, 2.75) is 26.1 Å². The molecule has 0 aliphatic carbocycles. The SMILES string of the molecule is O=C(OCc1ccccc1)c1ccc2cc1OOc1cc(ccc1C(=O)OCc1ccccc1)CC2. The van der Waals surface area contributed by atoms with Crippen LogP contribution < -0.4 is 9.78 Å². The maximum atomic E-state index is 12.8. The van der Waals surface area contributed by atoms with Gasteiger partial charge in [0.2, 0.25) is 0 Å². The van der Waals surface area contributed by atoms with Gasteiger partial charge < -0.3 is 9.47 Å². The van der Waals surface area contributed by atoms with Crippen molar-refractivity contribution in [1.29, 1.82) is 0 Å². The fraction of sp³-hybridized carbons (Fsp3) is 0.133. The second-order valence-corrected chi connectivity index (χ2v) is 8.45. The Kier molecular flexibility index (Phi) is 6.94. The molecular weight excluding hydrogens is 456 g/mol. The molecule has 1 aliphatic rings. The van der Waals surface area contributed by atoms with Crippen LogP contribution >= 0.6 is 0 Å². The average molecular weight is 481 g/mol. The third-order valence-corrected chi connectivity index (χ3v) is 5.88. The van der Waals surface area contributed by atoms with Crippen LogP contribution in [0.2, 0.25) is 0 Å². The number of benzene rings is 4. The zero-order chi connectivity index (χ0) is 24.7. The van der Waals surface area contributed by atoms with Crippen molar-refractivity contribution in [3.05, 3.63) is 130 Å². The Morgan fingerprint density at radius 3 is 1.42 bits per heavy atom. The van der Waals surface area contributed by atoms with Gasteiger partial charge in [0.15, 0.2) is 11.5 Å². The molecule has 0 saturated carbocycles. The number of carbonyl (C=O) groups is 2. The van der Waals surface area contributed by atoms with E-state index in [0.29, 0.717) is 0 Å². The summed E-state index contributed by atoms with van der Waals surface area (Å²) in [5.74, 6) is -0.613. The summed E-state index contributed by atoms with van der Waals surface area (Å²) in [6.07, 6.45) is 1.46. The standard InChI is InChI=1S/C30H24O6/c31-29(33-19-23-7-3-1-4-8-23)25-15-13-21-11-12-22-14-16-26(28(18-22)36-35-27(25)17-21)30(32)34-20-24-9-5-2-6-10-24/h1-10,13-18H,11-12,19-20H2. The van der Waals surface area contributed by atoms with Gasteiger partial charge in [-0.3, -0.25) is 9.78 Å². The third-order valence-electron chi connectivity index (χ3n) is 5.88. The molecule has 0 N–H and O–H groups in total. The lowest BCUT2D eigenvalue weighted by Gasteiger charge is -2.16. The van der Waals surface area contributed by atoms with Gasteiger partial charge in [-0.25, -0.2) is 9.59 Å². The molecule has 4 bridgehead atoms. The molecule has 1 aliphatic heterocycles. The highest BCUT2D eigenvalue weighted by Gasteiger charge is 2.21. The third kappa shape index (κ3) is 5.55. The molecule has 0 unspecified atom stereocenters. The first-order valence-electron chi connectivity index (χ1n) is 11.7. The second kappa shape index (κ2) is 10.8. The van der Waals surface area contributed by atoms with E-state index in [2.05, 4.69) is 0 Å². The highest BCUT2D eigenvalue weighted by molar-refractivity contribution is 5.93. The summed E-state index contributed by atoms with van der Waals surface area (Å²) in [7, 11) is 0. The van der Waals surface area contributed by atoms with Crippen LogP contribution in [0, 0.1) is 0 Å². The molecule has 0 amide bonds. The molecule has 0 fully saturated rings. The quantitative estimate of drug-likeness (QED) is 0.254. The fourth-order valence-corrected chi connectivity index (χ4v) is 3.90. The largest absolute Gasteiger partial charge is 0.457 e. The molecule has 1 heterocycles. The molecule has 0 atom stereocenters. The van der Waals surface area contributed by atoms with Crippen LogP contribution in [0.3, 0.4) is 0 Å². The van der Waals surface area contributed by atoms with Gasteiger partial charge in [0.25, 0.3) is 0 Å². The van der Waals surface area contributed by atoms with Crippen molar-refractivity contribution >= 4 is 11.9 Å². The molecule has 180 valence electrons. The Bertz CT molecular complexity index is 1260. The lowest BCUT2D eigenvalue weighted by atomic mass is 10.0. The van der Waals surface area contributed by atoms with Crippen molar-refractivity contribution in [3.8, 4) is 11.5 Å². The summed E-state index contributed by atoms with van der Waals surface area (Å²) in [6, 6.07) is 29.5. The van der Waals surface area contributed by atoms with Gasteiger partial charge in [-0.1, -0.05) is 72.8 Å². The Balaban J connectivity index is 1.33. The number of fused-ring (bicyclic) bond motifs is 4. The fourth-order valence-electron chi connectivity index (χ4n) is 3.90. The number of carbonyl (C=O) groups excluding carboxylic acids is 2. The van der Waals surface area contributed by atoms with Crippen molar-refractivity contribution in [3.63, 3.8) is 0 Å². The van der Waals surface area contributed by atoms with E-state index in [1.807, 2.05) is 72.8 Å². The van der Waals surface area contributed by atoms with Crippen molar-refractivity contribution < 1.29 is 28.8 Å². The van der Waals surface area contributed by atoms with E-state index < -0.39 is 11.9 Å². The van der Waals surface area contributed by atoms with Crippen LogP contribution in [-0.4, -0.2) is 11.9 Å². The maximum Gasteiger partial charge on any atom is 0.342 e. The number of aryl methyl sites for hydroxylation is 2. The molecule has 4 aromatic carbocycles. The number of ether oxygens (including phenoxy) is 2. The van der Waals surface area contributed by atoms with Crippen LogP contribution in [0.1, 0.15) is 43.0 Å². The van der Waals surface area contributed by atoms with E-state index in [9.17, 15) is 9.59 Å². The first kappa shape index (κ1) is 23.2. The Labute approximate surface area is 208 Å². The van der Waals surface area contributed by atoms with Crippen LogP contribution in [0.15, 0.2) is 97.1 Å². The van der Waals surface area contributed by atoms with Crippen molar-refractivity contribution in [1.82, 2.24) is 0 Å². The predicted octanol–water partition coefficient (Wildman–Crippen LogP) is 5.87. The summed E-state index contributed by atoms with van der Waals surface area (Å²) >= 11 is 0. The average Bonchev–Trinajstić information content (AvgIpc) is 2.93. The van der Waals surface area contributed by atoms with Crippen LogP contribution in [0.25, 0.3) is 0 Å². The van der Waals surface area contributed by atoms with E-state index in [1.54, 1.807) is 24.3 Å². The van der Waals surface area contributed by atoms with E-state index in [4.69, 9.17) is 19.2 Å². The van der Waals surface area contributed by atoms with Crippen LogP contribution in [0.4, 0.5) is 0 Å². The van der Waals surface area contributed by atoms with E-state index >= 15 is 0 Å². The molecule has 0 radical (unpaired) electrons. The van der Waals surface area contributed by atoms with Gasteiger partial charge in [-0.05, 0) is 59.4 Å². The lowest BCUT2D eigenvalue weighted by Crippen LogP contribution is -2.14. The molecule has 4 aromatic rings. The minimum atomic E-state index is -0.530. The van der Waals surface area contributed by atoms with E-state index in [0.717, 1.165) is 35.1 Å². The van der Waals surface area contributed by atoms with E-state index in [-0.39, 0.29) is 35.8 Å². The zero-order valence-electron chi connectivity index (χ0n) is 19.5. The smallest absolute Gasteiger partial charge is 0.342 e. The van der Waals surface area contributed by atoms with E-state index in [1.165, 1.54) is 0 Å². The molecule has 6 heteroatoms. The minimum Gasteiger partial charge on any atom is -0.457 e. The van der Waals surface area contributed by atoms with Crippen LogP contribution in [0.5, 0.6) is 11.5 Å². The van der Waals surface area contributed by atoms with Gasteiger partial charge in [-0.2, -0.15) is 0 Å². The lowest BCUT2D eigenvalue weighted by molar-refractivity contribution is -0.102. The number of esters is 2. The monoisotopic (exact) mass is 480 g/mol. The summed E-state index contributed by atoms with van der Waals surface area (Å²) in [5.41, 5.74) is 4.21. The molecule has 6 nitrogen and oxygen atoms in total. The predicted molar refractivity (Wildman–Crippen MR) is 133 cm³/mol. The first-order valence-corrected chi connectivity index (χ1v) is 11.7. The summed E-state index contributed by atoms with van der Waals surface area (Å²) in [6.45, 7) is 0.280. The molecular formula is C30H24O6. The van der Waals surface area contributed by atoms with Crippen molar-refractivity contribution in [2.75, 3.05) is 0 Å². The summed E-state index contributed by atoms with van der Waals surface area (Å²) in [4.78, 5) is 36.9. The van der Waals surface area contributed by atoms with Gasteiger partial charge in [0.1, 0.15) is 24.3 Å². The second-order valence-electron chi connectivity index (χ2n) is 8.45. The number of hydrogen-bond donors (Lipinski definition) is 0.